The minimum Gasteiger partial charge on any atom is -0.384 e. The zero-order valence-corrected chi connectivity index (χ0v) is 12.0. The first-order valence-corrected chi connectivity index (χ1v) is 7.09. The fraction of sp³-hybridized carbons (Fsp3) is 0.267. The normalized spacial score (nSPS) is 12.9. The molecule has 3 rings (SSSR count). The van der Waals surface area contributed by atoms with Crippen molar-refractivity contribution < 1.29 is 4.79 Å². The third kappa shape index (κ3) is 2.39. The molecule has 0 spiro atoms. The Morgan fingerprint density at radius 2 is 2.30 bits per heavy atom. The number of halogens is 1. The molecule has 1 aliphatic rings. The molecule has 2 heterocycles. The zero-order chi connectivity index (χ0) is 14.1. The van der Waals surface area contributed by atoms with E-state index in [9.17, 15) is 4.79 Å². The minimum atomic E-state index is -0.135. The fourth-order valence-corrected chi connectivity index (χ4v) is 2.73. The van der Waals surface area contributed by atoms with Gasteiger partial charge in [-0.05, 0) is 43.2 Å². The highest BCUT2D eigenvalue weighted by Crippen LogP contribution is 2.25. The van der Waals surface area contributed by atoms with E-state index >= 15 is 0 Å². The van der Waals surface area contributed by atoms with E-state index in [0.29, 0.717) is 17.3 Å². The molecule has 0 bridgehead atoms. The Morgan fingerprint density at radius 1 is 1.45 bits per heavy atom. The molecular formula is C15H16ClN3O. The lowest BCUT2D eigenvalue weighted by Crippen LogP contribution is -2.16. The molecular weight excluding hydrogens is 274 g/mol. The number of nitrogens with one attached hydrogen (secondary N) is 2. The quantitative estimate of drug-likeness (QED) is 0.910. The summed E-state index contributed by atoms with van der Waals surface area (Å²) in [5, 5.41) is 6.81. The molecule has 0 atom stereocenters. The van der Waals surface area contributed by atoms with E-state index < -0.39 is 0 Å². The van der Waals surface area contributed by atoms with E-state index in [-0.39, 0.29) is 5.91 Å². The van der Waals surface area contributed by atoms with Crippen molar-refractivity contribution in [3.05, 3.63) is 46.7 Å². The number of carbonyl (C=O) groups excluding carboxylic acids is 1. The molecule has 0 unspecified atom stereocenters. The molecule has 0 radical (unpaired) electrons. The smallest absolute Gasteiger partial charge is 0.272 e. The molecule has 104 valence electrons. The highest BCUT2D eigenvalue weighted by Gasteiger charge is 2.14. The molecule has 0 saturated heterocycles. The highest BCUT2D eigenvalue weighted by molar-refractivity contribution is 6.31. The van der Waals surface area contributed by atoms with Crippen LogP contribution < -0.4 is 10.6 Å². The standard InChI is InChI=1S/C15H16ClN3O/c1-2-19-9-11(16)8-14(19)15(20)18-12-3-4-13-10(7-12)5-6-17-13/h3-4,7-9,17H,2,5-6H2,1H3,(H,18,20). The lowest BCUT2D eigenvalue weighted by molar-refractivity contribution is 0.101. The molecule has 4 nitrogen and oxygen atoms in total. The summed E-state index contributed by atoms with van der Waals surface area (Å²) in [4.78, 5) is 12.3. The van der Waals surface area contributed by atoms with Gasteiger partial charge in [-0.25, -0.2) is 0 Å². The lowest BCUT2D eigenvalue weighted by Gasteiger charge is -2.09. The van der Waals surface area contributed by atoms with Crippen LogP contribution in [0, 0.1) is 0 Å². The second kappa shape index (κ2) is 5.21. The Hall–Kier alpha value is -1.94. The molecule has 1 amide bonds. The Labute approximate surface area is 122 Å². The molecule has 1 aliphatic heterocycles. The van der Waals surface area contributed by atoms with Gasteiger partial charge in [0.1, 0.15) is 5.69 Å². The van der Waals surface area contributed by atoms with Crippen molar-refractivity contribution >= 4 is 28.9 Å². The summed E-state index contributed by atoms with van der Waals surface area (Å²) in [6.45, 7) is 3.65. The van der Waals surface area contributed by atoms with Crippen LogP contribution in [0.3, 0.4) is 0 Å². The van der Waals surface area contributed by atoms with Gasteiger partial charge < -0.3 is 15.2 Å². The summed E-state index contributed by atoms with van der Waals surface area (Å²) in [7, 11) is 0. The lowest BCUT2D eigenvalue weighted by atomic mass is 10.1. The fourth-order valence-electron chi connectivity index (χ4n) is 2.50. The third-order valence-electron chi connectivity index (χ3n) is 3.51. The summed E-state index contributed by atoms with van der Waals surface area (Å²) in [5.41, 5.74) is 3.79. The molecule has 2 N–H and O–H groups in total. The van der Waals surface area contributed by atoms with Crippen LogP contribution in [-0.4, -0.2) is 17.0 Å². The van der Waals surface area contributed by atoms with Crippen molar-refractivity contribution in [2.75, 3.05) is 17.2 Å². The van der Waals surface area contributed by atoms with Gasteiger partial charge in [0.2, 0.25) is 0 Å². The van der Waals surface area contributed by atoms with Crippen LogP contribution in [-0.2, 0) is 13.0 Å². The predicted octanol–water partition coefficient (Wildman–Crippen LogP) is 3.38. The van der Waals surface area contributed by atoms with Gasteiger partial charge >= 0.3 is 0 Å². The summed E-state index contributed by atoms with van der Waals surface area (Å²) < 4.78 is 1.84. The monoisotopic (exact) mass is 289 g/mol. The maximum absolute atomic E-state index is 12.3. The van der Waals surface area contributed by atoms with Gasteiger partial charge in [0.25, 0.3) is 5.91 Å². The van der Waals surface area contributed by atoms with Crippen LogP contribution in [0.15, 0.2) is 30.5 Å². The van der Waals surface area contributed by atoms with Gasteiger partial charge in [-0.1, -0.05) is 11.6 Å². The average Bonchev–Trinajstić information content (AvgIpc) is 3.03. The minimum absolute atomic E-state index is 0.135. The number of benzene rings is 1. The maximum Gasteiger partial charge on any atom is 0.272 e. The van der Waals surface area contributed by atoms with Crippen molar-refractivity contribution in [3.8, 4) is 0 Å². The van der Waals surface area contributed by atoms with E-state index in [1.165, 1.54) is 5.56 Å². The molecule has 5 heteroatoms. The second-order valence-corrected chi connectivity index (χ2v) is 5.27. The van der Waals surface area contributed by atoms with Crippen LogP contribution in [0.2, 0.25) is 5.02 Å². The zero-order valence-electron chi connectivity index (χ0n) is 11.2. The van der Waals surface area contributed by atoms with Crippen LogP contribution in [0.5, 0.6) is 0 Å². The van der Waals surface area contributed by atoms with E-state index in [1.54, 1.807) is 12.3 Å². The number of carbonyl (C=O) groups is 1. The van der Waals surface area contributed by atoms with Crippen LogP contribution >= 0.6 is 11.6 Å². The average molecular weight is 290 g/mol. The first-order chi connectivity index (χ1) is 9.67. The molecule has 0 aliphatic carbocycles. The van der Waals surface area contributed by atoms with E-state index in [0.717, 1.165) is 24.3 Å². The largest absolute Gasteiger partial charge is 0.384 e. The van der Waals surface area contributed by atoms with Crippen molar-refractivity contribution in [3.63, 3.8) is 0 Å². The van der Waals surface area contributed by atoms with E-state index in [1.807, 2.05) is 29.7 Å². The summed E-state index contributed by atoms with van der Waals surface area (Å²) in [5.74, 6) is -0.135. The summed E-state index contributed by atoms with van der Waals surface area (Å²) >= 11 is 5.96. The second-order valence-electron chi connectivity index (χ2n) is 4.83. The number of aryl methyl sites for hydroxylation is 1. The number of fused-ring (bicyclic) bond motifs is 1. The number of anilines is 2. The van der Waals surface area contributed by atoms with Crippen molar-refractivity contribution in [1.82, 2.24) is 4.57 Å². The Bertz CT molecular complexity index is 663. The summed E-state index contributed by atoms with van der Waals surface area (Å²) in [6.07, 6.45) is 2.76. The number of nitrogens with zero attached hydrogens (tertiary/aromatic N) is 1. The number of amides is 1. The molecule has 1 aromatic heterocycles. The van der Waals surface area contributed by atoms with E-state index in [2.05, 4.69) is 10.6 Å². The highest BCUT2D eigenvalue weighted by atomic mass is 35.5. The van der Waals surface area contributed by atoms with Crippen LogP contribution in [0.1, 0.15) is 23.0 Å². The number of hydrogen-bond acceptors (Lipinski definition) is 2. The maximum atomic E-state index is 12.3. The number of aromatic nitrogens is 1. The SMILES string of the molecule is CCn1cc(Cl)cc1C(=O)Nc1ccc2c(c1)CCN2. The number of hydrogen-bond donors (Lipinski definition) is 2. The molecule has 1 aromatic carbocycles. The topological polar surface area (TPSA) is 46.1 Å². The molecule has 20 heavy (non-hydrogen) atoms. The van der Waals surface area contributed by atoms with Gasteiger partial charge in [-0.2, -0.15) is 0 Å². The van der Waals surface area contributed by atoms with Crippen molar-refractivity contribution in [1.29, 1.82) is 0 Å². The Balaban J connectivity index is 1.82. The first kappa shape index (κ1) is 13.1. The van der Waals surface area contributed by atoms with Crippen molar-refractivity contribution in [2.45, 2.75) is 19.9 Å². The molecule has 0 saturated carbocycles. The summed E-state index contributed by atoms with van der Waals surface area (Å²) in [6, 6.07) is 7.63. The van der Waals surface area contributed by atoms with Gasteiger partial charge in [0, 0.05) is 30.7 Å². The Kier molecular flexibility index (Phi) is 3.40. The third-order valence-corrected chi connectivity index (χ3v) is 3.72. The van der Waals surface area contributed by atoms with Crippen LogP contribution in [0.4, 0.5) is 11.4 Å². The van der Waals surface area contributed by atoms with Gasteiger partial charge in [0.15, 0.2) is 0 Å². The van der Waals surface area contributed by atoms with Crippen molar-refractivity contribution in [2.24, 2.45) is 0 Å². The first-order valence-electron chi connectivity index (χ1n) is 6.71. The van der Waals surface area contributed by atoms with Crippen LogP contribution in [0.25, 0.3) is 0 Å². The Morgan fingerprint density at radius 3 is 3.10 bits per heavy atom. The van der Waals surface area contributed by atoms with E-state index in [4.69, 9.17) is 11.6 Å². The molecule has 2 aromatic rings. The predicted molar refractivity (Wildman–Crippen MR) is 81.7 cm³/mol. The van der Waals surface area contributed by atoms with Gasteiger partial charge in [-0.3, -0.25) is 4.79 Å². The number of rotatable bonds is 3. The van der Waals surface area contributed by atoms with Gasteiger partial charge in [-0.15, -0.1) is 0 Å². The molecule has 0 fully saturated rings. The van der Waals surface area contributed by atoms with Gasteiger partial charge in [0.05, 0.1) is 5.02 Å².